The summed E-state index contributed by atoms with van der Waals surface area (Å²) in [4.78, 5) is 16.1. The van der Waals surface area contributed by atoms with Crippen LogP contribution in [-0.4, -0.2) is 22.0 Å². The number of hydrogen-bond donors (Lipinski definition) is 2. The third-order valence-electron chi connectivity index (χ3n) is 2.77. The first-order valence-electron chi connectivity index (χ1n) is 5.90. The maximum Gasteiger partial charge on any atom is 0.275 e. The van der Waals surface area contributed by atoms with E-state index < -0.39 is 0 Å². The molecule has 0 spiro atoms. The highest BCUT2D eigenvalue weighted by molar-refractivity contribution is 6.31. The van der Waals surface area contributed by atoms with Crippen LogP contribution in [0.15, 0.2) is 30.7 Å². The van der Waals surface area contributed by atoms with Crippen LogP contribution in [0.3, 0.4) is 0 Å². The Hall–Kier alpha value is -1.85. The summed E-state index contributed by atoms with van der Waals surface area (Å²) in [5, 5.41) is 3.41. The molecule has 1 aromatic carbocycles. The summed E-state index contributed by atoms with van der Waals surface area (Å²) in [5.41, 5.74) is 7.31. The Balaban J connectivity index is 2.14. The van der Waals surface area contributed by atoms with Crippen LogP contribution < -0.4 is 11.1 Å². The van der Waals surface area contributed by atoms with Crippen LogP contribution in [0, 0.1) is 6.92 Å². The number of rotatable bonds is 4. The van der Waals surface area contributed by atoms with Crippen LogP contribution in [-0.2, 0) is 6.54 Å². The van der Waals surface area contributed by atoms with Crippen molar-refractivity contribution in [2.75, 3.05) is 11.9 Å². The molecule has 1 heterocycles. The van der Waals surface area contributed by atoms with Crippen molar-refractivity contribution in [2.45, 2.75) is 13.5 Å². The molecule has 0 saturated carbocycles. The van der Waals surface area contributed by atoms with Gasteiger partial charge in [0.25, 0.3) is 5.91 Å². The van der Waals surface area contributed by atoms with Crippen LogP contribution in [0.2, 0.25) is 5.02 Å². The summed E-state index contributed by atoms with van der Waals surface area (Å²) in [7, 11) is 0. The SMILES string of the molecule is Cc1c(Cl)cccc1NC(=O)c1cn(CCN)cn1. The average Bonchev–Trinajstić information content (AvgIpc) is 2.84. The number of imidazole rings is 1. The van der Waals surface area contributed by atoms with Gasteiger partial charge in [-0.3, -0.25) is 4.79 Å². The van der Waals surface area contributed by atoms with Crippen LogP contribution in [0.1, 0.15) is 16.1 Å². The molecule has 0 bridgehead atoms. The summed E-state index contributed by atoms with van der Waals surface area (Å²) in [6, 6.07) is 5.37. The zero-order chi connectivity index (χ0) is 13.8. The molecule has 6 heteroatoms. The molecule has 1 aromatic heterocycles. The Morgan fingerprint density at radius 2 is 2.32 bits per heavy atom. The second-order valence-electron chi connectivity index (χ2n) is 4.15. The lowest BCUT2D eigenvalue weighted by atomic mass is 10.2. The van der Waals surface area contributed by atoms with Crippen LogP contribution in [0.25, 0.3) is 0 Å². The molecule has 1 amide bonds. The molecule has 0 aliphatic rings. The summed E-state index contributed by atoms with van der Waals surface area (Å²) < 4.78 is 1.78. The van der Waals surface area contributed by atoms with Crippen molar-refractivity contribution in [3.05, 3.63) is 47.0 Å². The minimum absolute atomic E-state index is 0.263. The molecule has 0 radical (unpaired) electrons. The van der Waals surface area contributed by atoms with Crippen molar-refractivity contribution in [3.63, 3.8) is 0 Å². The summed E-state index contributed by atoms with van der Waals surface area (Å²) in [5.74, 6) is -0.263. The minimum Gasteiger partial charge on any atom is -0.335 e. The maximum atomic E-state index is 12.0. The molecular formula is C13H15ClN4O. The van der Waals surface area contributed by atoms with E-state index >= 15 is 0 Å². The van der Waals surface area contributed by atoms with Gasteiger partial charge in [-0.15, -0.1) is 0 Å². The lowest BCUT2D eigenvalue weighted by Gasteiger charge is -2.08. The van der Waals surface area contributed by atoms with Gasteiger partial charge in [0.2, 0.25) is 0 Å². The fourth-order valence-corrected chi connectivity index (χ4v) is 1.85. The van der Waals surface area contributed by atoms with E-state index in [1.54, 1.807) is 35.3 Å². The van der Waals surface area contributed by atoms with Gasteiger partial charge in [-0.25, -0.2) is 4.98 Å². The lowest BCUT2D eigenvalue weighted by Crippen LogP contribution is -2.13. The molecule has 0 aliphatic heterocycles. The number of hydrogen-bond acceptors (Lipinski definition) is 3. The Morgan fingerprint density at radius 3 is 3.05 bits per heavy atom. The summed E-state index contributed by atoms with van der Waals surface area (Å²) >= 11 is 6.00. The largest absolute Gasteiger partial charge is 0.335 e. The van der Waals surface area contributed by atoms with Crippen molar-refractivity contribution < 1.29 is 4.79 Å². The highest BCUT2D eigenvalue weighted by Gasteiger charge is 2.11. The number of halogens is 1. The molecule has 0 fully saturated rings. The minimum atomic E-state index is -0.263. The van der Waals surface area contributed by atoms with E-state index in [9.17, 15) is 4.79 Å². The molecule has 2 rings (SSSR count). The molecule has 0 aliphatic carbocycles. The van der Waals surface area contributed by atoms with Crippen molar-refractivity contribution in [1.29, 1.82) is 0 Å². The van der Waals surface area contributed by atoms with Gasteiger partial charge < -0.3 is 15.6 Å². The lowest BCUT2D eigenvalue weighted by molar-refractivity contribution is 0.102. The Kier molecular flexibility index (Phi) is 4.19. The third-order valence-corrected chi connectivity index (χ3v) is 3.18. The molecule has 100 valence electrons. The molecule has 2 aromatic rings. The molecule has 19 heavy (non-hydrogen) atoms. The van der Waals surface area contributed by atoms with Crippen molar-refractivity contribution in [1.82, 2.24) is 9.55 Å². The number of amides is 1. The second-order valence-corrected chi connectivity index (χ2v) is 4.56. The van der Waals surface area contributed by atoms with E-state index in [1.807, 2.05) is 6.92 Å². The Bertz CT molecular complexity index is 594. The Morgan fingerprint density at radius 1 is 1.53 bits per heavy atom. The van der Waals surface area contributed by atoms with E-state index in [-0.39, 0.29) is 5.91 Å². The van der Waals surface area contributed by atoms with Crippen LogP contribution in [0.4, 0.5) is 5.69 Å². The molecule has 5 nitrogen and oxygen atoms in total. The maximum absolute atomic E-state index is 12.0. The number of nitrogens with two attached hydrogens (primary N) is 1. The quantitative estimate of drug-likeness (QED) is 0.899. The van der Waals surface area contributed by atoms with Gasteiger partial charge >= 0.3 is 0 Å². The number of nitrogens with one attached hydrogen (secondary N) is 1. The first-order chi connectivity index (χ1) is 9.11. The summed E-state index contributed by atoms with van der Waals surface area (Å²) in [6.07, 6.45) is 3.26. The first kappa shape index (κ1) is 13.6. The Labute approximate surface area is 116 Å². The molecule has 0 unspecified atom stereocenters. The smallest absolute Gasteiger partial charge is 0.275 e. The zero-order valence-electron chi connectivity index (χ0n) is 10.6. The van der Waals surface area contributed by atoms with E-state index in [0.717, 1.165) is 5.56 Å². The fraction of sp³-hybridized carbons (Fsp3) is 0.231. The van der Waals surface area contributed by atoms with Crippen LogP contribution >= 0.6 is 11.6 Å². The second kappa shape index (κ2) is 5.86. The van der Waals surface area contributed by atoms with E-state index in [0.29, 0.717) is 29.5 Å². The predicted molar refractivity (Wildman–Crippen MR) is 75.4 cm³/mol. The van der Waals surface area contributed by atoms with Gasteiger partial charge in [0.05, 0.1) is 6.33 Å². The number of anilines is 1. The number of carbonyl (C=O) groups excluding carboxylic acids is 1. The standard InChI is InChI=1S/C13H15ClN4O/c1-9-10(14)3-2-4-11(9)17-13(19)12-7-18(6-5-15)8-16-12/h2-4,7-8H,5-6,15H2,1H3,(H,17,19). The van der Waals surface area contributed by atoms with E-state index in [4.69, 9.17) is 17.3 Å². The van der Waals surface area contributed by atoms with Gasteiger partial charge in [0.1, 0.15) is 5.69 Å². The first-order valence-corrected chi connectivity index (χ1v) is 6.28. The molecular weight excluding hydrogens is 264 g/mol. The van der Waals surface area contributed by atoms with Gasteiger partial charge in [-0.05, 0) is 24.6 Å². The highest BCUT2D eigenvalue weighted by atomic mass is 35.5. The molecule has 0 atom stereocenters. The highest BCUT2D eigenvalue weighted by Crippen LogP contribution is 2.23. The predicted octanol–water partition coefficient (Wildman–Crippen LogP) is 2.06. The van der Waals surface area contributed by atoms with Gasteiger partial charge in [-0.1, -0.05) is 17.7 Å². The van der Waals surface area contributed by atoms with E-state index in [2.05, 4.69) is 10.3 Å². The third kappa shape index (κ3) is 3.13. The van der Waals surface area contributed by atoms with Crippen molar-refractivity contribution >= 4 is 23.2 Å². The van der Waals surface area contributed by atoms with Crippen molar-refractivity contribution in [2.24, 2.45) is 5.73 Å². The number of nitrogens with zero attached hydrogens (tertiary/aromatic N) is 2. The van der Waals surface area contributed by atoms with E-state index in [1.165, 1.54) is 0 Å². The number of benzene rings is 1. The van der Waals surface area contributed by atoms with Gasteiger partial charge in [0.15, 0.2) is 0 Å². The van der Waals surface area contributed by atoms with Gasteiger partial charge in [-0.2, -0.15) is 0 Å². The summed E-state index contributed by atoms with van der Waals surface area (Å²) in [6.45, 7) is 2.99. The number of carbonyl (C=O) groups is 1. The molecule has 0 saturated heterocycles. The van der Waals surface area contributed by atoms with Crippen molar-refractivity contribution in [3.8, 4) is 0 Å². The average molecular weight is 279 g/mol. The topological polar surface area (TPSA) is 72.9 Å². The fourth-order valence-electron chi connectivity index (χ4n) is 1.68. The monoisotopic (exact) mass is 278 g/mol. The van der Waals surface area contributed by atoms with Crippen LogP contribution in [0.5, 0.6) is 0 Å². The zero-order valence-corrected chi connectivity index (χ0v) is 11.3. The number of aromatic nitrogens is 2. The molecule has 3 N–H and O–H groups in total. The normalized spacial score (nSPS) is 10.5. The van der Waals surface area contributed by atoms with Gasteiger partial charge in [0, 0.05) is 30.0 Å².